The molecule has 3 aliphatic rings. The number of hydrogen-bond acceptors (Lipinski definition) is 7. The predicted octanol–water partition coefficient (Wildman–Crippen LogP) is 4.37. The van der Waals surface area contributed by atoms with Gasteiger partial charge in [-0.2, -0.15) is 0 Å². The van der Waals surface area contributed by atoms with Gasteiger partial charge in [-0.25, -0.2) is 4.79 Å². The van der Waals surface area contributed by atoms with E-state index in [1.54, 1.807) is 109 Å². The molecular formula is C31H20O7. The summed E-state index contributed by atoms with van der Waals surface area (Å²) < 4.78 is 25.5. The Morgan fingerprint density at radius 3 is 1.63 bits per heavy atom. The molecule has 3 saturated heterocycles. The maximum absolute atomic E-state index is 14.6. The summed E-state index contributed by atoms with van der Waals surface area (Å²) in [5, 5.41) is 0. The fourth-order valence-corrected chi connectivity index (χ4v) is 5.74. The van der Waals surface area contributed by atoms with E-state index in [0.717, 1.165) is 0 Å². The highest BCUT2D eigenvalue weighted by molar-refractivity contribution is 6.47. The minimum atomic E-state index is -2.34. The van der Waals surface area contributed by atoms with Crippen LogP contribution >= 0.6 is 0 Å². The SMILES string of the molecule is O=C(C(=O)[C@@]12O[C@@]3(c4ccccc4)O[C@]1(c1ccccc1)OC(=O)[C@@]2(c1ccccc1)O3)c1ccccc1. The van der Waals surface area contributed by atoms with Crippen molar-refractivity contribution in [3.8, 4) is 0 Å². The van der Waals surface area contributed by atoms with Gasteiger partial charge in [0.1, 0.15) is 0 Å². The normalized spacial score (nSPS) is 30.7. The quantitative estimate of drug-likeness (QED) is 0.219. The molecule has 186 valence electrons. The summed E-state index contributed by atoms with van der Waals surface area (Å²) in [5.74, 6) is -6.90. The van der Waals surface area contributed by atoms with E-state index in [1.165, 1.54) is 12.1 Å². The Kier molecular flexibility index (Phi) is 4.66. The summed E-state index contributed by atoms with van der Waals surface area (Å²) in [4.78, 5) is 42.5. The van der Waals surface area contributed by atoms with Gasteiger partial charge in [0.05, 0.1) is 0 Å². The Hall–Kier alpha value is -4.43. The van der Waals surface area contributed by atoms with E-state index >= 15 is 0 Å². The Bertz CT molecular complexity index is 1570. The second-order valence-electron chi connectivity index (χ2n) is 9.35. The van der Waals surface area contributed by atoms with Gasteiger partial charge in [-0.05, 0) is 5.56 Å². The van der Waals surface area contributed by atoms with Crippen molar-refractivity contribution < 1.29 is 33.3 Å². The minimum absolute atomic E-state index is 0.137. The van der Waals surface area contributed by atoms with Crippen molar-refractivity contribution >= 4 is 17.5 Å². The molecule has 0 saturated carbocycles. The van der Waals surface area contributed by atoms with Crippen molar-refractivity contribution in [3.05, 3.63) is 144 Å². The van der Waals surface area contributed by atoms with Crippen molar-refractivity contribution in [2.24, 2.45) is 0 Å². The zero-order valence-electron chi connectivity index (χ0n) is 19.9. The molecule has 3 aliphatic heterocycles. The molecule has 4 aromatic rings. The van der Waals surface area contributed by atoms with Crippen molar-refractivity contribution in [1.29, 1.82) is 0 Å². The Morgan fingerprint density at radius 2 is 1.05 bits per heavy atom. The number of rotatable bonds is 6. The smallest absolute Gasteiger partial charge is 0.350 e. The van der Waals surface area contributed by atoms with Crippen molar-refractivity contribution in [2.75, 3.05) is 0 Å². The highest BCUT2D eigenvalue weighted by atomic mass is 17.0. The van der Waals surface area contributed by atoms with Crippen molar-refractivity contribution in [3.63, 3.8) is 0 Å². The average Bonchev–Trinajstić information content (AvgIpc) is 3.51. The molecule has 0 unspecified atom stereocenters. The average molecular weight is 504 g/mol. The number of ether oxygens (including phenoxy) is 4. The summed E-state index contributed by atoms with van der Waals surface area (Å²) in [5.41, 5.74) is -3.31. The number of hydrogen-bond donors (Lipinski definition) is 0. The Labute approximate surface area is 217 Å². The molecule has 3 fully saturated rings. The maximum Gasteiger partial charge on any atom is 0.350 e. The second kappa shape index (κ2) is 7.79. The van der Waals surface area contributed by atoms with Gasteiger partial charge in [0.15, 0.2) is 0 Å². The summed E-state index contributed by atoms with van der Waals surface area (Å²) in [6, 6.07) is 33.9. The molecule has 0 N–H and O–H groups in total. The van der Waals surface area contributed by atoms with E-state index in [1.807, 2.05) is 0 Å². The molecule has 3 heterocycles. The first-order valence-corrected chi connectivity index (χ1v) is 12.1. The van der Waals surface area contributed by atoms with Gasteiger partial charge in [0.2, 0.25) is 17.2 Å². The molecule has 0 radical (unpaired) electrons. The third-order valence-electron chi connectivity index (χ3n) is 7.36. The van der Waals surface area contributed by atoms with Crippen LogP contribution in [0.5, 0.6) is 0 Å². The second-order valence-corrected chi connectivity index (χ2v) is 9.35. The third kappa shape index (κ3) is 2.60. The monoisotopic (exact) mass is 504 g/mol. The molecule has 4 aromatic carbocycles. The fraction of sp³-hybridized carbons (Fsp3) is 0.129. The molecule has 7 rings (SSSR count). The van der Waals surface area contributed by atoms with Crippen molar-refractivity contribution in [2.45, 2.75) is 23.0 Å². The summed E-state index contributed by atoms with van der Waals surface area (Å²) in [7, 11) is 0. The third-order valence-corrected chi connectivity index (χ3v) is 7.36. The summed E-state index contributed by atoms with van der Waals surface area (Å²) in [6.45, 7) is 0. The number of carbonyl (C=O) groups excluding carboxylic acids is 3. The zero-order valence-corrected chi connectivity index (χ0v) is 19.9. The number of fused-ring (bicyclic) bond motifs is 1. The highest BCUT2D eigenvalue weighted by Crippen LogP contribution is 2.73. The highest BCUT2D eigenvalue weighted by Gasteiger charge is 2.95. The standard InChI is InChI=1S/C31H20O7/c32-25(21-13-5-1-6-14-21)26(33)29-28(22-15-7-2-8-16-22)27(34)35-30(29,23-17-9-3-10-18-23)38-31(36-28,37-29)24-19-11-4-12-20-24/h1-20H/t28-,29+,30+,31+/m1/s1. The van der Waals surface area contributed by atoms with Crippen LogP contribution in [0, 0.1) is 0 Å². The largest absolute Gasteiger partial charge is 0.422 e. The van der Waals surface area contributed by atoms with Crippen molar-refractivity contribution in [1.82, 2.24) is 0 Å². The van der Waals surface area contributed by atoms with Crippen LogP contribution in [-0.2, 0) is 45.9 Å². The van der Waals surface area contributed by atoms with Crippen LogP contribution < -0.4 is 0 Å². The van der Waals surface area contributed by atoms with E-state index in [2.05, 4.69) is 0 Å². The van der Waals surface area contributed by atoms with Gasteiger partial charge < -0.3 is 4.74 Å². The number of benzene rings is 4. The summed E-state index contributed by atoms with van der Waals surface area (Å²) >= 11 is 0. The van der Waals surface area contributed by atoms with E-state index in [4.69, 9.17) is 18.9 Å². The molecule has 38 heavy (non-hydrogen) atoms. The van der Waals surface area contributed by atoms with Crippen LogP contribution in [-0.4, -0.2) is 23.1 Å². The van der Waals surface area contributed by atoms with Gasteiger partial charge in [-0.1, -0.05) is 121 Å². The van der Waals surface area contributed by atoms with Crippen LogP contribution in [0.3, 0.4) is 0 Å². The molecule has 7 heteroatoms. The molecule has 0 spiro atoms. The molecule has 0 aromatic heterocycles. The molecule has 2 bridgehead atoms. The number of Topliss-reactive ketones (excluding diaryl/α,β-unsaturated/α-hetero) is 2. The first kappa shape index (κ1) is 22.7. The minimum Gasteiger partial charge on any atom is -0.422 e. The lowest BCUT2D eigenvalue weighted by molar-refractivity contribution is -0.379. The Balaban J connectivity index is 1.57. The maximum atomic E-state index is 14.6. The van der Waals surface area contributed by atoms with Crippen LogP contribution in [0.2, 0.25) is 0 Å². The predicted molar refractivity (Wildman–Crippen MR) is 132 cm³/mol. The van der Waals surface area contributed by atoms with Crippen LogP contribution in [0.1, 0.15) is 27.0 Å². The first-order valence-electron chi connectivity index (χ1n) is 12.1. The molecular weight excluding hydrogens is 484 g/mol. The number of esters is 1. The first-order chi connectivity index (χ1) is 18.5. The topological polar surface area (TPSA) is 88.1 Å². The Morgan fingerprint density at radius 1 is 0.553 bits per heavy atom. The van der Waals surface area contributed by atoms with Gasteiger partial charge in [-0.15, -0.1) is 0 Å². The van der Waals surface area contributed by atoms with E-state index < -0.39 is 40.5 Å². The van der Waals surface area contributed by atoms with Crippen LogP contribution in [0.15, 0.2) is 121 Å². The van der Waals surface area contributed by atoms with Gasteiger partial charge in [0, 0.05) is 16.7 Å². The zero-order chi connectivity index (χ0) is 26.0. The molecule has 4 atom stereocenters. The fourth-order valence-electron chi connectivity index (χ4n) is 5.74. The molecule has 0 aliphatic carbocycles. The van der Waals surface area contributed by atoms with E-state index in [-0.39, 0.29) is 5.56 Å². The van der Waals surface area contributed by atoms with E-state index in [0.29, 0.717) is 16.7 Å². The molecule has 0 amide bonds. The van der Waals surface area contributed by atoms with Gasteiger partial charge in [0.25, 0.3) is 11.4 Å². The van der Waals surface area contributed by atoms with Gasteiger partial charge >= 0.3 is 11.9 Å². The lowest BCUT2D eigenvalue weighted by Gasteiger charge is -2.41. The van der Waals surface area contributed by atoms with Crippen LogP contribution in [0.4, 0.5) is 0 Å². The molecule has 7 nitrogen and oxygen atoms in total. The van der Waals surface area contributed by atoms with E-state index in [9.17, 15) is 14.4 Å². The van der Waals surface area contributed by atoms with Crippen LogP contribution in [0.25, 0.3) is 0 Å². The number of carbonyl (C=O) groups is 3. The number of ketones is 2. The summed E-state index contributed by atoms with van der Waals surface area (Å²) in [6.07, 6.45) is 0. The lowest BCUT2D eigenvalue weighted by atomic mass is 9.69. The lowest BCUT2D eigenvalue weighted by Crippen LogP contribution is -2.65. The van der Waals surface area contributed by atoms with Gasteiger partial charge in [-0.3, -0.25) is 23.8 Å².